The number of halogens is 2. The van der Waals surface area contributed by atoms with Gasteiger partial charge in [0.2, 0.25) is 0 Å². The molecule has 1 heterocycles. The molecule has 0 unspecified atom stereocenters. The molecular formula is C19H20Cl2N2O2. The summed E-state index contributed by atoms with van der Waals surface area (Å²) in [6.07, 6.45) is 1.85. The quantitative estimate of drug-likeness (QED) is 0.782. The number of nitrogens with one attached hydrogen (secondary N) is 2. The maximum Gasteiger partial charge on any atom is 0.252 e. The number of rotatable bonds is 5. The monoisotopic (exact) mass is 378 g/mol. The molecule has 4 nitrogen and oxygen atoms in total. The molecule has 2 aromatic rings. The van der Waals surface area contributed by atoms with Crippen LogP contribution < -0.4 is 15.4 Å². The van der Waals surface area contributed by atoms with Gasteiger partial charge in [0.15, 0.2) is 0 Å². The molecular weight excluding hydrogens is 359 g/mol. The van der Waals surface area contributed by atoms with E-state index in [1.165, 1.54) is 5.56 Å². The van der Waals surface area contributed by atoms with Gasteiger partial charge >= 0.3 is 0 Å². The molecule has 0 saturated heterocycles. The lowest BCUT2D eigenvalue weighted by Gasteiger charge is -2.15. The molecule has 0 atom stereocenters. The molecule has 2 N–H and O–H groups in total. The summed E-state index contributed by atoms with van der Waals surface area (Å²) in [6, 6.07) is 10.9. The number of fused-ring (bicyclic) bond motifs is 1. The third kappa shape index (κ3) is 4.46. The molecule has 25 heavy (non-hydrogen) atoms. The minimum Gasteiger partial charge on any atom is -0.490 e. The van der Waals surface area contributed by atoms with E-state index in [0.717, 1.165) is 37.2 Å². The third-order valence-electron chi connectivity index (χ3n) is 4.18. The first-order valence-electron chi connectivity index (χ1n) is 8.33. The molecule has 6 heteroatoms. The Balaban J connectivity index is 1.59. The molecule has 0 radical (unpaired) electrons. The van der Waals surface area contributed by atoms with E-state index in [-0.39, 0.29) is 5.91 Å². The summed E-state index contributed by atoms with van der Waals surface area (Å²) < 4.78 is 5.90. The van der Waals surface area contributed by atoms with Crippen molar-refractivity contribution in [3.8, 4) is 5.75 Å². The van der Waals surface area contributed by atoms with E-state index in [1.54, 1.807) is 24.3 Å². The average Bonchev–Trinajstić information content (AvgIpc) is 2.86. The molecule has 0 bridgehead atoms. The maximum absolute atomic E-state index is 12.1. The number of ether oxygens (including phenoxy) is 1. The van der Waals surface area contributed by atoms with Crippen molar-refractivity contribution in [2.45, 2.75) is 12.8 Å². The van der Waals surface area contributed by atoms with E-state index < -0.39 is 0 Å². The Morgan fingerprint density at radius 2 is 1.88 bits per heavy atom. The fourth-order valence-corrected chi connectivity index (χ4v) is 3.38. The molecule has 1 aliphatic heterocycles. The largest absolute Gasteiger partial charge is 0.490 e. The van der Waals surface area contributed by atoms with Gasteiger partial charge in [0.1, 0.15) is 12.4 Å². The number of hydrogen-bond donors (Lipinski definition) is 2. The number of carbonyl (C=O) groups is 1. The van der Waals surface area contributed by atoms with Crippen LogP contribution in [-0.4, -0.2) is 32.1 Å². The second-order valence-electron chi connectivity index (χ2n) is 5.85. The van der Waals surface area contributed by atoms with Crippen LogP contribution in [0, 0.1) is 0 Å². The molecule has 1 aliphatic rings. The van der Waals surface area contributed by atoms with Gasteiger partial charge in [-0.15, -0.1) is 0 Å². The first-order chi connectivity index (χ1) is 12.2. The van der Waals surface area contributed by atoms with Crippen molar-refractivity contribution >= 4 is 29.1 Å². The number of benzene rings is 2. The van der Waals surface area contributed by atoms with Crippen molar-refractivity contribution in [3.63, 3.8) is 0 Å². The first kappa shape index (κ1) is 18.1. The highest BCUT2D eigenvalue weighted by molar-refractivity contribution is 6.33. The fourth-order valence-electron chi connectivity index (χ4n) is 2.92. The lowest BCUT2D eigenvalue weighted by atomic mass is 10.0. The van der Waals surface area contributed by atoms with Gasteiger partial charge in [0.05, 0.1) is 22.2 Å². The van der Waals surface area contributed by atoms with Crippen LogP contribution in [0.15, 0.2) is 36.4 Å². The van der Waals surface area contributed by atoms with Crippen LogP contribution in [-0.2, 0) is 12.8 Å². The molecule has 2 aromatic carbocycles. The van der Waals surface area contributed by atoms with Crippen LogP contribution in [0.3, 0.4) is 0 Å². The van der Waals surface area contributed by atoms with Gasteiger partial charge in [-0.3, -0.25) is 4.79 Å². The van der Waals surface area contributed by atoms with E-state index in [0.29, 0.717) is 28.8 Å². The Hall–Kier alpha value is -1.75. The van der Waals surface area contributed by atoms with Crippen LogP contribution in [0.1, 0.15) is 21.5 Å². The zero-order valence-electron chi connectivity index (χ0n) is 13.8. The van der Waals surface area contributed by atoms with E-state index in [9.17, 15) is 4.79 Å². The van der Waals surface area contributed by atoms with Crippen LogP contribution >= 0.6 is 23.2 Å². The van der Waals surface area contributed by atoms with Gasteiger partial charge in [-0.25, -0.2) is 0 Å². The van der Waals surface area contributed by atoms with Gasteiger partial charge in [0.25, 0.3) is 5.91 Å². The van der Waals surface area contributed by atoms with Crippen LogP contribution in [0.25, 0.3) is 0 Å². The van der Waals surface area contributed by atoms with Crippen molar-refractivity contribution in [2.75, 3.05) is 26.2 Å². The zero-order chi connectivity index (χ0) is 17.6. The van der Waals surface area contributed by atoms with Gasteiger partial charge in [-0.1, -0.05) is 41.4 Å². The topological polar surface area (TPSA) is 50.4 Å². The third-order valence-corrected chi connectivity index (χ3v) is 4.81. The molecule has 1 amide bonds. The number of amides is 1. The van der Waals surface area contributed by atoms with E-state index >= 15 is 0 Å². The van der Waals surface area contributed by atoms with E-state index in [1.807, 2.05) is 6.07 Å². The normalized spacial score (nSPS) is 13.7. The van der Waals surface area contributed by atoms with Crippen LogP contribution in [0.5, 0.6) is 5.75 Å². The smallest absolute Gasteiger partial charge is 0.252 e. The van der Waals surface area contributed by atoms with Crippen molar-refractivity contribution in [2.24, 2.45) is 0 Å². The highest BCUT2D eigenvalue weighted by atomic mass is 35.5. The average molecular weight is 379 g/mol. The predicted molar refractivity (Wildman–Crippen MR) is 101 cm³/mol. The molecule has 0 aromatic heterocycles. The number of carbonyl (C=O) groups excluding carboxylic acids is 1. The van der Waals surface area contributed by atoms with Crippen molar-refractivity contribution in [1.82, 2.24) is 10.6 Å². The SMILES string of the molecule is O=C(NCCOc1c(Cl)ccc2c1CCNCC2)c1ccccc1Cl. The lowest BCUT2D eigenvalue weighted by Crippen LogP contribution is -2.28. The van der Waals surface area contributed by atoms with Crippen LogP contribution in [0.4, 0.5) is 0 Å². The Bertz CT molecular complexity index is 765. The summed E-state index contributed by atoms with van der Waals surface area (Å²) in [4.78, 5) is 12.1. The van der Waals surface area contributed by atoms with E-state index in [4.69, 9.17) is 27.9 Å². The lowest BCUT2D eigenvalue weighted by molar-refractivity contribution is 0.0947. The second-order valence-corrected chi connectivity index (χ2v) is 6.66. The molecule has 132 valence electrons. The van der Waals surface area contributed by atoms with E-state index in [2.05, 4.69) is 16.7 Å². The first-order valence-corrected chi connectivity index (χ1v) is 9.09. The summed E-state index contributed by atoms with van der Waals surface area (Å²) in [7, 11) is 0. The standard InChI is InChI=1S/C19H20Cl2N2O2/c20-16-4-2-1-3-15(16)19(24)23-11-12-25-18-14-8-10-22-9-7-13(14)5-6-17(18)21/h1-6,22H,7-12H2,(H,23,24). The Labute approximate surface area is 157 Å². The van der Waals surface area contributed by atoms with Crippen molar-refractivity contribution in [1.29, 1.82) is 0 Å². The molecule has 0 fully saturated rings. The van der Waals surface area contributed by atoms with Crippen molar-refractivity contribution < 1.29 is 9.53 Å². The number of hydrogen-bond acceptors (Lipinski definition) is 3. The summed E-state index contributed by atoms with van der Waals surface area (Å²) in [5, 5.41) is 7.24. The molecule has 0 spiro atoms. The molecule has 0 aliphatic carbocycles. The van der Waals surface area contributed by atoms with Crippen LogP contribution in [0.2, 0.25) is 10.0 Å². The Morgan fingerprint density at radius 3 is 2.72 bits per heavy atom. The highest BCUT2D eigenvalue weighted by Gasteiger charge is 2.16. The molecule has 0 saturated carbocycles. The molecule has 3 rings (SSSR count). The van der Waals surface area contributed by atoms with Gasteiger partial charge in [-0.05, 0) is 49.7 Å². The van der Waals surface area contributed by atoms with Crippen molar-refractivity contribution in [3.05, 3.63) is 63.1 Å². The van der Waals surface area contributed by atoms with Gasteiger partial charge < -0.3 is 15.4 Å². The Kier molecular flexibility index (Phi) is 6.19. The van der Waals surface area contributed by atoms with Gasteiger partial charge in [-0.2, -0.15) is 0 Å². The Morgan fingerprint density at radius 1 is 1.08 bits per heavy atom. The summed E-state index contributed by atoms with van der Waals surface area (Å²) in [6.45, 7) is 2.59. The summed E-state index contributed by atoms with van der Waals surface area (Å²) in [5.74, 6) is 0.520. The zero-order valence-corrected chi connectivity index (χ0v) is 15.3. The highest BCUT2D eigenvalue weighted by Crippen LogP contribution is 2.32. The van der Waals surface area contributed by atoms with Gasteiger partial charge in [0, 0.05) is 5.56 Å². The predicted octanol–water partition coefficient (Wildman–Crippen LogP) is 3.49. The second kappa shape index (κ2) is 8.56. The summed E-state index contributed by atoms with van der Waals surface area (Å²) >= 11 is 12.4. The fraction of sp³-hybridized carbons (Fsp3) is 0.316. The minimum atomic E-state index is -0.212. The summed E-state index contributed by atoms with van der Waals surface area (Å²) in [5.41, 5.74) is 2.89. The maximum atomic E-state index is 12.1. The minimum absolute atomic E-state index is 0.212.